The van der Waals surface area contributed by atoms with E-state index >= 15 is 0 Å². The van der Waals surface area contributed by atoms with Gasteiger partial charge in [0, 0.05) is 11.4 Å². The normalized spacial score (nSPS) is 12.5. The molecule has 0 aromatic heterocycles. The lowest BCUT2D eigenvalue weighted by atomic mass is 10.2. The van der Waals surface area contributed by atoms with Crippen LogP contribution in [0, 0.1) is 12.7 Å². The third-order valence-electron chi connectivity index (χ3n) is 1.78. The molecule has 0 fully saturated rings. The summed E-state index contributed by atoms with van der Waals surface area (Å²) in [5, 5.41) is 0. The molecule has 0 heterocycles. The zero-order chi connectivity index (χ0) is 10.6. The van der Waals surface area contributed by atoms with Crippen molar-refractivity contribution < 1.29 is 8.60 Å². The SMILES string of the molecule is CCCS(=O)Nc1ccc(F)c(C)c1. The minimum absolute atomic E-state index is 0.239. The maximum atomic E-state index is 12.9. The van der Waals surface area contributed by atoms with Crippen molar-refractivity contribution in [3.63, 3.8) is 0 Å². The van der Waals surface area contributed by atoms with E-state index < -0.39 is 11.0 Å². The van der Waals surface area contributed by atoms with Crippen molar-refractivity contribution >= 4 is 16.7 Å². The van der Waals surface area contributed by atoms with Crippen LogP contribution in [0.15, 0.2) is 18.2 Å². The Morgan fingerprint density at radius 2 is 2.21 bits per heavy atom. The quantitative estimate of drug-likeness (QED) is 0.822. The third-order valence-corrected chi connectivity index (χ3v) is 3.02. The van der Waals surface area contributed by atoms with Gasteiger partial charge in [-0.1, -0.05) is 6.92 Å². The minimum Gasteiger partial charge on any atom is -0.305 e. The highest BCUT2D eigenvalue weighted by Gasteiger charge is 2.01. The lowest BCUT2D eigenvalue weighted by molar-refractivity contribution is 0.619. The van der Waals surface area contributed by atoms with Gasteiger partial charge in [-0.3, -0.25) is 0 Å². The average Bonchev–Trinajstić information content (AvgIpc) is 2.12. The van der Waals surface area contributed by atoms with Gasteiger partial charge in [-0.25, -0.2) is 8.60 Å². The highest BCUT2D eigenvalue weighted by atomic mass is 32.2. The van der Waals surface area contributed by atoms with E-state index in [4.69, 9.17) is 0 Å². The largest absolute Gasteiger partial charge is 0.305 e. The van der Waals surface area contributed by atoms with Gasteiger partial charge >= 0.3 is 0 Å². The smallest absolute Gasteiger partial charge is 0.126 e. The number of hydrogen-bond donors (Lipinski definition) is 1. The molecular weight excluding hydrogens is 201 g/mol. The van der Waals surface area contributed by atoms with E-state index in [1.807, 2.05) is 6.92 Å². The second-order valence-electron chi connectivity index (χ2n) is 3.12. The molecule has 1 aromatic rings. The van der Waals surface area contributed by atoms with Gasteiger partial charge in [-0.05, 0) is 37.1 Å². The number of aryl methyl sites for hydroxylation is 1. The summed E-state index contributed by atoms with van der Waals surface area (Å²) in [6, 6.07) is 4.62. The second kappa shape index (κ2) is 5.10. The van der Waals surface area contributed by atoms with Crippen molar-refractivity contribution in [2.75, 3.05) is 10.5 Å². The Labute approximate surface area is 86.1 Å². The zero-order valence-corrected chi connectivity index (χ0v) is 9.16. The summed E-state index contributed by atoms with van der Waals surface area (Å²) in [7, 11) is -1.06. The standard InChI is InChI=1S/C10H14FNOS/c1-3-6-14(13)12-9-4-5-10(11)8(2)7-9/h4-5,7,12H,3,6H2,1-2H3. The highest BCUT2D eigenvalue weighted by molar-refractivity contribution is 7.86. The third kappa shape index (κ3) is 3.10. The van der Waals surface area contributed by atoms with Gasteiger partial charge in [-0.2, -0.15) is 0 Å². The first-order valence-corrected chi connectivity index (χ1v) is 5.86. The fourth-order valence-electron chi connectivity index (χ4n) is 1.08. The molecule has 0 aliphatic heterocycles. The molecule has 1 unspecified atom stereocenters. The van der Waals surface area contributed by atoms with E-state index in [1.165, 1.54) is 6.07 Å². The Balaban J connectivity index is 2.68. The minimum atomic E-state index is -1.06. The first-order chi connectivity index (χ1) is 6.63. The number of nitrogens with one attached hydrogen (secondary N) is 1. The molecule has 0 saturated heterocycles. The Kier molecular flexibility index (Phi) is 4.07. The topological polar surface area (TPSA) is 29.1 Å². The summed E-state index contributed by atoms with van der Waals surface area (Å²) in [5.41, 5.74) is 1.26. The fraction of sp³-hybridized carbons (Fsp3) is 0.400. The van der Waals surface area contributed by atoms with Crippen LogP contribution in [0.3, 0.4) is 0 Å². The Bertz CT molecular complexity index is 341. The number of halogens is 1. The van der Waals surface area contributed by atoms with Gasteiger partial charge in [0.15, 0.2) is 0 Å². The molecule has 0 aliphatic carbocycles. The molecule has 78 valence electrons. The predicted molar refractivity (Wildman–Crippen MR) is 58.1 cm³/mol. The van der Waals surface area contributed by atoms with Crippen molar-refractivity contribution in [1.82, 2.24) is 0 Å². The Morgan fingerprint density at radius 1 is 1.50 bits per heavy atom. The number of hydrogen-bond acceptors (Lipinski definition) is 1. The summed E-state index contributed by atoms with van der Waals surface area (Å²) >= 11 is 0. The first kappa shape index (κ1) is 11.2. The Hall–Kier alpha value is -0.900. The molecule has 1 atom stereocenters. The number of anilines is 1. The zero-order valence-electron chi connectivity index (χ0n) is 8.34. The molecule has 1 N–H and O–H groups in total. The van der Waals surface area contributed by atoms with Crippen molar-refractivity contribution in [3.05, 3.63) is 29.6 Å². The highest BCUT2D eigenvalue weighted by Crippen LogP contribution is 2.14. The van der Waals surface area contributed by atoms with Crippen LogP contribution in [-0.4, -0.2) is 9.96 Å². The molecule has 1 rings (SSSR count). The summed E-state index contributed by atoms with van der Waals surface area (Å²) in [4.78, 5) is 0. The Morgan fingerprint density at radius 3 is 2.79 bits per heavy atom. The molecular formula is C10H14FNOS. The summed E-state index contributed by atoms with van der Waals surface area (Å²) in [5.74, 6) is 0.369. The van der Waals surface area contributed by atoms with Gasteiger partial charge in [0.2, 0.25) is 0 Å². The summed E-state index contributed by atoms with van der Waals surface area (Å²) < 4.78 is 27.0. The van der Waals surface area contributed by atoms with E-state index in [0.29, 0.717) is 17.0 Å². The van der Waals surface area contributed by atoms with Crippen molar-refractivity contribution in [1.29, 1.82) is 0 Å². The summed E-state index contributed by atoms with van der Waals surface area (Å²) in [6.07, 6.45) is 0.861. The lowest BCUT2D eigenvalue weighted by Crippen LogP contribution is -2.07. The molecule has 0 bridgehead atoms. The average molecular weight is 215 g/mol. The molecule has 0 radical (unpaired) electrons. The van der Waals surface area contributed by atoms with Gasteiger partial charge in [0.25, 0.3) is 0 Å². The van der Waals surface area contributed by atoms with Crippen LogP contribution in [0.5, 0.6) is 0 Å². The summed E-state index contributed by atoms with van der Waals surface area (Å²) in [6.45, 7) is 3.65. The monoisotopic (exact) mass is 215 g/mol. The maximum absolute atomic E-state index is 12.9. The molecule has 0 spiro atoms. The molecule has 0 saturated carbocycles. The van der Waals surface area contributed by atoms with Crippen LogP contribution < -0.4 is 4.72 Å². The van der Waals surface area contributed by atoms with Crippen LogP contribution in [0.1, 0.15) is 18.9 Å². The van der Waals surface area contributed by atoms with Crippen LogP contribution in [0.4, 0.5) is 10.1 Å². The second-order valence-corrected chi connectivity index (χ2v) is 4.42. The van der Waals surface area contributed by atoms with E-state index in [1.54, 1.807) is 19.1 Å². The van der Waals surface area contributed by atoms with Crippen LogP contribution in [-0.2, 0) is 11.0 Å². The van der Waals surface area contributed by atoms with Crippen LogP contribution in [0.2, 0.25) is 0 Å². The van der Waals surface area contributed by atoms with Crippen molar-refractivity contribution in [3.8, 4) is 0 Å². The van der Waals surface area contributed by atoms with E-state index in [2.05, 4.69) is 4.72 Å². The first-order valence-electron chi connectivity index (χ1n) is 4.54. The van der Waals surface area contributed by atoms with Gasteiger partial charge in [-0.15, -0.1) is 0 Å². The van der Waals surface area contributed by atoms with Crippen molar-refractivity contribution in [2.24, 2.45) is 0 Å². The molecule has 0 aliphatic rings. The molecule has 0 amide bonds. The van der Waals surface area contributed by atoms with E-state index in [-0.39, 0.29) is 5.82 Å². The molecule has 2 nitrogen and oxygen atoms in total. The van der Waals surface area contributed by atoms with Gasteiger partial charge in [0.05, 0.1) is 0 Å². The van der Waals surface area contributed by atoms with Gasteiger partial charge in [0.1, 0.15) is 16.8 Å². The lowest BCUT2D eigenvalue weighted by Gasteiger charge is -2.06. The molecule has 4 heteroatoms. The van der Waals surface area contributed by atoms with Crippen molar-refractivity contribution in [2.45, 2.75) is 20.3 Å². The van der Waals surface area contributed by atoms with Gasteiger partial charge < -0.3 is 4.72 Å². The van der Waals surface area contributed by atoms with Crippen LogP contribution >= 0.6 is 0 Å². The maximum Gasteiger partial charge on any atom is 0.126 e. The van der Waals surface area contributed by atoms with E-state index in [9.17, 15) is 8.60 Å². The molecule has 1 aromatic carbocycles. The number of benzene rings is 1. The molecule has 14 heavy (non-hydrogen) atoms. The fourth-order valence-corrected chi connectivity index (χ4v) is 1.94. The number of rotatable bonds is 4. The van der Waals surface area contributed by atoms with Crippen LogP contribution in [0.25, 0.3) is 0 Å². The predicted octanol–water partition coefficient (Wildman–Crippen LogP) is 2.62. The van der Waals surface area contributed by atoms with E-state index in [0.717, 1.165) is 6.42 Å².